The molecule has 1 saturated heterocycles. The molecule has 1 fully saturated rings. The molecule has 0 bridgehead atoms. The van der Waals surface area contributed by atoms with Crippen LogP contribution in [-0.2, 0) is 17.4 Å². The Bertz CT molecular complexity index is 1010. The van der Waals surface area contributed by atoms with E-state index < -0.39 is 16.7 Å². The number of hydrogen-bond donors (Lipinski definition) is 1. The standard InChI is InChI=1S/C22H22F3N3O4/c1-2-14-5-8-18(13-19(14)28(31)32)26-20(29)15-9-11-27(12-10-15)21(30)16-3-6-17(7-4-16)22(23,24)25/h3-8,13,15H,2,9-12H2,1H3,(H,26,29). The summed E-state index contributed by atoms with van der Waals surface area (Å²) >= 11 is 0. The minimum absolute atomic E-state index is 0.0535. The molecule has 1 heterocycles. The van der Waals surface area contributed by atoms with Gasteiger partial charge in [-0.2, -0.15) is 13.2 Å². The van der Waals surface area contributed by atoms with Gasteiger partial charge in [-0.3, -0.25) is 19.7 Å². The van der Waals surface area contributed by atoms with Crippen LogP contribution in [0.1, 0.15) is 41.3 Å². The van der Waals surface area contributed by atoms with Crippen molar-refractivity contribution in [3.05, 3.63) is 69.3 Å². The summed E-state index contributed by atoms with van der Waals surface area (Å²) in [4.78, 5) is 37.4. The van der Waals surface area contributed by atoms with Crippen molar-refractivity contribution in [2.45, 2.75) is 32.4 Å². The van der Waals surface area contributed by atoms with Crippen LogP contribution in [0, 0.1) is 16.0 Å². The second-order valence-corrected chi connectivity index (χ2v) is 7.58. The molecule has 0 atom stereocenters. The fourth-order valence-electron chi connectivity index (χ4n) is 3.68. The number of hydrogen-bond acceptors (Lipinski definition) is 4. The minimum atomic E-state index is -4.47. The SMILES string of the molecule is CCc1ccc(NC(=O)C2CCN(C(=O)c3ccc(C(F)(F)F)cc3)CC2)cc1[N+](=O)[O-]. The zero-order chi connectivity index (χ0) is 23.5. The Morgan fingerprint density at radius 1 is 1.12 bits per heavy atom. The van der Waals surface area contributed by atoms with E-state index in [4.69, 9.17) is 0 Å². The maximum absolute atomic E-state index is 12.7. The molecule has 32 heavy (non-hydrogen) atoms. The predicted octanol–water partition coefficient (Wildman–Crippen LogP) is 4.67. The number of nitrogens with one attached hydrogen (secondary N) is 1. The van der Waals surface area contributed by atoms with Gasteiger partial charge in [-0.15, -0.1) is 0 Å². The number of nitro groups is 1. The first-order chi connectivity index (χ1) is 15.1. The lowest BCUT2D eigenvalue weighted by atomic mass is 9.95. The largest absolute Gasteiger partial charge is 0.416 e. The molecule has 2 aromatic rings. The summed E-state index contributed by atoms with van der Waals surface area (Å²) in [6.45, 7) is 2.38. The van der Waals surface area contributed by atoms with Gasteiger partial charge >= 0.3 is 6.18 Å². The lowest BCUT2D eigenvalue weighted by Crippen LogP contribution is -2.41. The molecular formula is C22H22F3N3O4. The molecule has 170 valence electrons. The van der Waals surface area contributed by atoms with Crippen molar-refractivity contribution >= 4 is 23.2 Å². The monoisotopic (exact) mass is 449 g/mol. The summed E-state index contributed by atoms with van der Waals surface area (Å²) in [7, 11) is 0. The Hall–Kier alpha value is -3.43. The van der Waals surface area contributed by atoms with E-state index in [-0.39, 0.29) is 42.1 Å². The number of carbonyl (C=O) groups excluding carboxylic acids is 2. The van der Waals surface area contributed by atoms with E-state index in [2.05, 4.69) is 5.32 Å². The number of nitrogens with zero attached hydrogens (tertiary/aromatic N) is 2. The molecule has 7 nitrogen and oxygen atoms in total. The molecule has 2 aromatic carbocycles. The van der Waals surface area contributed by atoms with Crippen LogP contribution in [-0.4, -0.2) is 34.7 Å². The van der Waals surface area contributed by atoms with Crippen LogP contribution in [0.3, 0.4) is 0 Å². The average molecular weight is 449 g/mol. The first-order valence-corrected chi connectivity index (χ1v) is 10.1. The van der Waals surface area contributed by atoms with Crippen molar-refractivity contribution in [2.75, 3.05) is 18.4 Å². The van der Waals surface area contributed by atoms with Gasteiger partial charge in [0.2, 0.25) is 5.91 Å². The van der Waals surface area contributed by atoms with Crippen molar-refractivity contribution in [1.29, 1.82) is 0 Å². The molecule has 10 heteroatoms. The van der Waals surface area contributed by atoms with Crippen LogP contribution in [0.25, 0.3) is 0 Å². The number of likely N-dealkylation sites (tertiary alicyclic amines) is 1. The van der Waals surface area contributed by atoms with Crippen LogP contribution in [0.2, 0.25) is 0 Å². The highest BCUT2D eigenvalue weighted by Crippen LogP contribution is 2.30. The van der Waals surface area contributed by atoms with Crippen LogP contribution in [0.5, 0.6) is 0 Å². The highest BCUT2D eigenvalue weighted by atomic mass is 19.4. The van der Waals surface area contributed by atoms with E-state index in [0.29, 0.717) is 30.5 Å². The highest BCUT2D eigenvalue weighted by Gasteiger charge is 2.31. The normalized spacial score (nSPS) is 14.8. The molecule has 0 spiro atoms. The zero-order valence-corrected chi connectivity index (χ0v) is 17.3. The van der Waals surface area contributed by atoms with Crippen molar-refractivity contribution in [3.8, 4) is 0 Å². The third-order valence-corrected chi connectivity index (χ3v) is 5.54. The van der Waals surface area contributed by atoms with Gasteiger partial charge in [0.15, 0.2) is 0 Å². The van der Waals surface area contributed by atoms with Gasteiger partial charge in [0.05, 0.1) is 10.5 Å². The van der Waals surface area contributed by atoms with E-state index in [1.165, 1.54) is 11.0 Å². The van der Waals surface area contributed by atoms with Gasteiger partial charge in [-0.1, -0.05) is 13.0 Å². The summed E-state index contributed by atoms with van der Waals surface area (Å²) in [6, 6.07) is 8.60. The lowest BCUT2D eigenvalue weighted by molar-refractivity contribution is -0.385. The molecule has 1 aliphatic rings. The number of amides is 2. The molecule has 1 aliphatic heterocycles. The second kappa shape index (κ2) is 9.37. The molecule has 2 amide bonds. The van der Waals surface area contributed by atoms with Crippen LogP contribution in [0.4, 0.5) is 24.5 Å². The van der Waals surface area contributed by atoms with Gasteiger partial charge < -0.3 is 10.2 Å². The Morgan fingerprint density at radius 2 is 1.75 bits per heavy atom. The van der Waals surface area contributed by atoms with Gasteiger partial charge in [0.25, 0.3) is 11.6 Å². The van der Waals surface area contributed by atoms with Crippen molar-refractivity contribution in [2.24, 2.45) is 5.92 Å². The van der Waals surface area contributed by atoms with Crippen LogP contribution < -0.4 is 5.32 Å². The van der Waals surface area contributed by atoms with E-state index in [0.717, 1.165) is 24.3 Å². The summed E-state index contributed by atoms with van der Waals surface area (Å²) in [6.07, 6.45) is -3.21. The third kappa shape index (κ3) is 5.24. The number of piperidine rings is 1. The minimum Gasteiger partial charge on any atom is -0.339 e. The molecule has 0 aliphatic carbocycles. The number of nitro benzene ring substituents is 1. The molecule has 0 aromatic heterocycles. The van der Waals surface area contributed by atoms with Crippen molar-refractivity contribution in [1.82, 2.24) is 4.90 Å². The molecule has 0 saturated carbocycles. The van der Waals surface area contributed by atoms with Gasteiger partial charge in [-0.05, 0) is 49.6 Å². The Balaban J connectivity index is 1.58. The average Bonchev–Trinajstić information content (AvgIpc) is 2.78. The molecule has 1 N–H and O–H groups in total. The van der Waals surface area contributed by atoms with Gasteiger partial charge in [0, 0.05) is 41.9 Å². The summed E-state index contributed by atoms with van der Waals surface area (Å²) < 4.78 is 38.0. The van der Waals surface area contributed by atoms with E-state index in [9.17, 15) is 32.9 Å². The maximum atomic E-state index is 12.7. The van der Waals surface area contributed by atoms with Crippen LogP contribution >= 0.6 is 0 Å². The summed E-state index contributed by atoms with van der Waals surface area (Å²) in [5, 5.41) is 13.9. The molecule has 0 unspecified atom stereocenters. The third-order valence-electron chi connectivity index (χ3n) is 5.54. The fourth-order valence-corrected chi connectivity index (χ4v) is 3.68. The number of anilines is 1. The van der Waals surface area contributed by atoms with Crippen molar-refractivity contribution < 1.29 is 27.7 Å². The van der Waals surface area contributed by atoms with Gasteiger partial charge in [0.1, 0.15) is 0 Å². The van der Waals surface area contributed by atoms with E-state index >= 15 is 0 Å². The molecular weight excluding hydrogens is 427 g/mol. The first-order valence-electron chi connectivity index (χ1n) is 10.1. The predicted molar refractivity (Wildman–Crippen MR) is 111 cm³/mol. The summed E-state index contributed by atoms with van der Waals surface area (Å²) in [5.41, 5.74) is 0.188. The number of alkyl halides is 3. The number of aryl methyl sites for hydroxylation is 1. The number of halogens is 3. The van der Waals surface area contributed by atoms with Crippen LogP contribution in [0.15, 0.2) is 42.5 Å². The second-order valence-electron chi connectivity index (χ2n) is 7.58. The number of rotatable bonds is 5. The Labute approximate surface area is 182 Å². The highest BCUT2D eigenvalue weighted by molar-refractivity contribution is 5.95. The number of benzene rings is 2. The van der Waals surface area contributed by atoms with E-state index in [1.807, 2.05) is 0 Å². The van der Waals surface area contributed by atoms with Crippen molar-refractivity contribution in [3.63, 3.8) is 0 Å². The number of carbonyl (C=O) groups is 2. The maximum Gasteiger partial charge on any atom is 0.416 e. The quantitative estimate of drug-likeness (QED) is 0.531. The Morgan fingerprint density at radius 3 is 2.28 bits per heavy atom. The zero-order valence-electron chi connectivity index (χ0n) is 17.3. The van der Waals surface area contributed by atoms with Gasteiger partial charge in [-0.25, -0.2) is 0 Å². The Kier molecular flexibility index (Phi) is 6.81. The smallest absolute Gasteiger partial charge is 0.339 e. The molecule has 0 radical (unpaired) electrons. The van der Waals surface area contributed by atoms with E-state index in [1.54, 1.807) is 19.1 Å². The fraction of sp³-hybridized carbons (Fsp3) is 0.364. The lowest BCUT2D eigenvalue weighted by Gasteiger charge is -2.31. The molecule has 3 rings (SSSR count). The first kappa shape index (κ1) is 23.2. The summed E-state index contributed by atoms with van der Waals surface area (Å²) in [5.74, 6) is -1.05. The topological polar surface area (TPSA) is 92.6 Å².